The Morgan fingerprint density at radius 2 is 1.64 bits per heavy atom. The lowest BCUT2D eigenvalue weighted by atomic mass is 9.98. The summed E-state index contributed by atoms with van der Waals surface area (Å²) in [6.45, 7) is 7.99. The van der Waals surface area contributed by atoms with Crippen molar-refractivity contribution < 1.29 is 14.2 Å². The molecule has 0 aliphatic carbocycles. The van der Waals surface area contributed by atoms with Crippen LogP contribution >= 0.6 is 24.8 Å². The molecule has 25 heavy (non-hydrogen) atoms. The molecule has 1 fully saturated rings. The highest BCUT2D eigenvalue weighted by Crippen LogP contribution is 2.41. The SMILES string of the molecule is C=CCC[C@@H](c1cc(OC)c(OC)c(OC)c1)N1CCNCC1.Cl.Cl. The van der Waals surface area contributed by atoms with Crippen molar-refractivity contribution >= 4 is 24.8 Å². The number of hydrogen-bond acceptors (Lipinski definition) is 5. The van der Waals surface area contributed by atoms with Crippen molar-refractivity contribution in [1.29, 1.82) is 0 Å². The lowest BCUT2D eigenvalue weighted by Gasteiger charge is -2.35. The molecule has 0 unspecified atom stereocenters. The molecule has 0 bridgehead atoms. The first-order chi connectivity index (χ1) is 11.2. The predicted molar refractivity (Wildman–Crippen MR) is 107 cm³/mol. The van der Waals surface area contributed by atoms with Crippen molar-refractivity contribution in [3.63, 3.8) is 0 Å². The molecular weight excluding hydrogens is 363 g/mol. The molecule has 1 aromatic rings. The highest BCUT2D eigenvalue weighted by atomic mass is 35.5. The quantitative estimate of drug-likeness (QED) is 0.686. The van der Waals surface area contributed by atoms with Crippen LogP contribution in [0.4, 0.5) is 0 Å². The zero-order chi connectivity index (χ0) is 16.7. The van der Waals surface area contributed by atoms with Gasteiger partial charge in [0.25, 0.3) is 0 Å². The summed E-state index contributed by atoms with van der Waals surface area (Å²) in [6.07, 6.45) is 3.99. The summed E-state index contributed by atoms with van der Waals surface area (Å²) in [5.41, 5.74) is 1.20. The number of benzene rings is 1. The Kier molecular flexibility index (Phi) is 11.7. The van der Waals surface area contributed by atoms with E-state index in [0.717, 1.165) is 39.0 Å². The minimum Gasteiger partial charge on any atom is -0.493 e. The van der Waals surface area contributed by atoms with Crippen molar-refractivity contribution in [2.75, 3.05) is 47.5 Å². The van der Waals surface area contributed by atoms with E-state index in [1.54, 1.807) is 21.3 Å². The van der Waals surface area contributed by atoms with Gasteiger partial charge in [0.1, 0.15) is 0 Å². The Morgan fingerprint density at radius 1 is 1.08 bits per heavy atom. The van der Waals surface area contributed by atoms with E-state index < -0.39 is 0 Å². The average Bonchev–Trinajstić information content (AvgIpc) is 2.61. The van der Waals surface area contributed by atoms with Crippen LogP contribution in [0.1, 0.15) is 24.4 Å². The second-order valence-corrected chi connectivity index (χ2v) is 5.63. The summed E-state index contributed by atoms with van der Waals surface area (Å²) in [6, 6.07) is 4.46. The summed E-state index contributed by atoms with van der Waals surface area (Å²) in [5, 5.41) is 3.41. The fourth-order valence-electron chi connectivity index (χ4n) is 3.12. The van der Waals surface area contributed by atoms with E-state index in [2.05, 4.69) is 28.9 Å². The second-order valence-electron chi connectivity index (χ2n) is 5.63. The number of rotatable bonds is 8. The van der Waals surface area contributed by atoms with Crippen molar-refractivity contribution in [1.82, 2.24) is 10.2 Å². The zero-order valence-electron chi connectivity index (χ0n) is 15.2. The Morgan fingerprint density at radius 3 is 2.08 bits per heavy atom. The molecule has 0 amide bonds. The van der Waals surface area contributed by atoms with Gasteiger partial charge in [0.15, 0.2) is 11.5 Å². The number of piperazine rings is 1. The lowest BCUT2D eigenvalue weighted by molar-refractivity contribution is 0.165. The van der Waals surface area contributed by atoms with Gasteiger partial charge in [-0.3, -0.25) is 4.90 Å². The molecule has 144 valence electrons. The van der Waals surface area contributed by atoms with Gasteiger partial charge in [0.05, 0.1) is 21.3 Å². The van der Waals surface area contributed by atoms with Crippen molar-refractivity contribution in [3.05, 3.63) is 30.4 Å². The third kappa shape index (κ3) is 5.96. The Bertz CT molecular complexity index is 498. The predicted octanol–water partition coefficient (Wildman–Crippen LogP) is 3.47. The second kappa shape index (κ2) is 12.3. The average molecular weight is 393 g/mol. The van der Waals surface area contributed by atoms with Crippen LogP contribution in [0.5, 0.6) is 17.2 Å². The number of halogens is 2. The normalized spacial score (nSPS) is 15.3. The van der Waals surface area contributed by atoms with E-state index >= 15 is 0 Å². The standard InChI is InChI=1S/C18H28N2O3.2ClH/c1-5-6-7-15(20-10-8-19-9-11-20)14-12-16(21-2)18(23-4)17(13-14)22-3;;/h5,12-13,15,19H,1,6-11H2,2-4H3;2*1H/t15-;;/m0../s1. The van der Waals surface area contributed by atoms with Crippen LogP contribution in [0.2, 0.25) is 0 Å². The van der Waals surface area contributed by atoms with Crippen LogP contribution in [-0.4, -0.2) is 52.4 Å². The van der Waals surface area contributed by atoms with Crippen LogP contribution in [0.25, 0.3) is 0 Å². The smallest absolute Gasteiger partial charge is 0.203 e. The Balaban J connectivity index is 0.00000288. The molecule has 1 saturated heterocycles. The highest BCUT2D eigenvalue weighted by Gasteiger charge is 2.24. The van der Waals surface area contributed by atoms with Crippen LogP contribution < -0.4 is 19.5 Å². The number of allylic oxidation sites excluding steroid dienone is 1. The fourth-order valence-corrected chi connectivity index (χ4v) is 3.12. The molecule has 1 atom stereocenters. The molecule has 7 heteroatoms. The number of nitrogens with zero attached hydrogens (tertiary/aromatic N) is 1. The highest BCUT2D eigenvalue weighted by molar-refractivity contribution is 5.85. The minimum atomic E-state index is 0. The summed E-state index contributed by atoms with van der Waals surface area (Å²) in [7, 11) is 4.95. The lowest BCUT2D eigenvalue weighted by Crippen LogP contribution is -2.45. The maximum atomic E-state index is 5.51. The molecule has 1 aliphatic heterocycles. The minimum absolute atomic E-state index is 0. The number of ether oxygens (including phenoxy) is 3. The van der Waals surface area contributed by atoms with E-state index in [1.807, 2.05) is 6.08 Å². The molecule has 0 spiro atoms. The van der Waals surface area contributed by atoms with Crippen molar-refractivity contribution in [3.8, 4) is 17.2 Å². The van der Waals surface area contributed by atoms with Gasteiger partial charge in [-0.15, -0.1) is 31.4 Å². The van der Waals surface area contributed by atoms with Crippen LogP contribution in [-0.2, 0) is 0 Å². The topological polar surface area (TPSA) is 43.0 Å². The van der Waals surface area contributed by atoms with Gasteiger partial charge < -0.3 is 19.5 Å². The van der Waals surface area contributed by atoms with Gasteiger partial charge in [-0.05, 0) is 30.5 Å². The Hall–Kier alpha value is -1.14. The zero-order valence-corrected chi connectivity index (χ0v) is 16.9. The Labute approximate surface area is 163 Å². The van der Waals surface area contributed by atoms with Crippen molar-refractivity contribution in [2.45, 2.75) is 18.9 Å². The summed E-state index contributed by atoms with van der Waals surface area (Å²) >= 11 is 0. The first-order valence-electron chi connectivity index (χ1n) is 8.10. The van der Waals surface area contributed by atoms with E-state index in [9.17, 15) is 0 Å². The van der Waals surface area contributed by atoms with Crippen LogP contribution in [0, 0.1) is 0 Å². The number of methoxy groups -OCH3 is 3. The van der Waals surface area contributed by atoms with E-state index in [-0.39, 0.29) is 24.8 Å². The van der Waals surface area contributed by atoms with Crippen LogP contribution in [0.15, 0.2) is 24.8 Å². The van der Waals surface area contributed by atoms with Crippen LogP contribution in [0.3, 0.4) is 0 Å². The van der Waals surface area contributed by atoms with Gasteiger partial charge in [0.2, 0.25) is 5.75 Å². The largest absolute Gasteiger partial charge is 0.493 e. The fraction of sp³-hybridized carbons (Fsp3) is 0.556. The van der Waals surface area contributed by atoms with Crippen molar-refractivity contribution in [2.24, 2.45) is 0 Å². The van der Waals surface area contributed by atoms with E-state index in [0.29, 0.717) is 23.3 Å². The third-order valence-electron chi connectivity index (χ3n) is 4.31. The molecule has 5 nitrogen and oxygen atoms in total. The molecule has 1 N–H and O–H groups in total. The summed E-state index contributed by atoms with van der Waals surface area (Å²) in [5.74, 6) is 2.06. The van der Waals surface area contributed by atoms with E-state index in [4.69, 9.17) is 14.2 Å². The van der Waals surface area contributed by atoms with Gasteiger partial charge in [-0.25, -0.2) is 0 Å². The molecule has 1 heterocycles. The van der Waals surface area contributed by atoms with Gasteiger partial charge >= 0.3 is 0 Å². The molecule has 1 aliphatic rings. The molecule has 0 radical (unpaired) electrons. The van der Waals surface area contributed by atoms with Gasteiger partial charge in [-0.1, -0.05) is 6.08 Å². The molecule has 0 aromatic heterocycles. The molecule has 1 aromatic carbocycles. The third-order valence-corrected chi connectivity index (χ3v) is 4.31. The first-order valence-corrected chi connectivity index (χ1v) is 8.10. The monoisotopic (exact) mass is 392 g/mol. The van der Waals surface area contributed by atoms with Gasteiger partial charge in [-0.2, -0.15) is 0 Å². The first kappa shape index (κ1) is 23.9. The molecule has 2 rings (SSSR count). The maximum absolute atomic E-state index is 5.51. The van der Waals surface area contributed by atoms with Gasteiger partial charge in [0, 0.05) is 32.2 Å². The van der Waals surface area contributed by atoms with E-state index in [1.165, 1.54) is 5.56 Å². The number of hydrogen-bond donors (Lipinski definition) is 1. The summed E-state index contributed by atoms with van der Waals surface area (Å²) < 4.78 is 16.4. The number of nitrogens with one attached hydrogen (secondary N) is 1. The molecule has 0 saturated carbocycles. The molecular formula is C18H30Cl2N2O3. The maximum Gasteiger partial charge on any atom is 0.203 e. The summed E-state index contributed by atoms with van der Waals surface area (Å²) in [4.78, 5) is 2.51.